The van der Waals surface area contributed by atoms with Gasteiger partial charge in [-0.1, -0.05) is 97.8 Å². The second-order valence-electron chi connectivity index (χ2n) is 42.5. The average molecular weight is 1530 g/mol. The molecule has 6 rings (SSSR count). The first-order valence-corrected chi connectivity index (χ1v) is 43.3. The monoisotopic (exact) mass is 1530 g/mol. The number of hydrogen-bond acceptors (Lipinski definition) is 18. The Morgan fingerprint density at radius 1 is 0.394 bits per heavy atom. The van der Waals surface area contributed by atoms with Crippen molar-refractivity contribution in [2.45, 2.75) is 490 Å². The van der Waals surface area contributed by atoms with Crippen LogP contribution in [0, 0.1) is 16.2 Å². The van der Waals surface area contributed by atoms with Crippen LogP contribution in [0.2, 0.25) is 0 Å². The molecule has 0 saturated carbocycles. The predicted molar refractivity (Wildman–Crippen MR) is 441 cm³/mol. The number of nitrogens with one attached hydrogen (secondary N) is 6. The number of piperidine rings is 5. The summed E-state index contributed by atoms with van der Waals surface area (Å²) in [5.41, 5.74) is -5.00. The van der Waals surface area contributed by atoms with Crippen LogP contribution in [0.15, 0.2) is 18.2 Å². The van der Waals surface area contributed by atoms with E-state index in [9.17, 15) is 5.11 Å². The zero-order chi connectivity index (χ0) is 81.9. The van der Waals surface area contributed by atoms with E-state index in [-0.39, 0.29) is 92.7 Å². The predicted octanol–water partition coefficient (Wildman–Crippen LogP) is 17.7. The molecule has 0 radical (unpaired) electrons. The number of ether oxygens (including phenoxy) is 6. The van der Waals surface area contributed by atoms with Crippen molar-refractivity contribution in [1.82, 2.24) is 31.9 Å². The normalized spacial score (nSPS) is 23.2. The van der Waals surface area contributed by atoms with Gasteiger partial charge in [0, 0.05) is 119 Å². The van der Waals surface area contributed by atoms with Crippen molar-refractivity contribution < 1.29 is 57.5 Å². The van der Waals surface area contributed by atoms with Gasteiger partial charge < -0.3 is 65.4 Å². The van der Waals surface area contributed by atoms with Crippen LogP contribution in [-0.2, 0) is 71.7 Å². The molecular formula is C91H162N6O12. The molecule has 5 aliphatic heterocycles. The third-order valence-electron chi connectivity index (χ3n) is 24.1. The van der Waals surface area contributed by atoms with Crippen molar-refractivity contribution >= 4 is 29.8 Å². The summed E-state index contributed by atoms with van der Waals surface area (Å²) in [6.45, 7) is 58.4. The Kier molecular flexibility index (Phi) is 32.3. The quantitative estimate of drug-likeness (QED) is 0.0140. The van der Waals surface area contributed by atoms with Crippen LogP contribution < -0.4 is 31.9 Å². The van der Waals surface area contributed by atoms with Crippen LogP contribution in [-0.4, -0.2) is 145 Å². The lowest BCUT2D eigenvalue weighted by molar-refractivity contribution is -0.231. The zero-order valence-corrected chi connectivity index (χ0v) is 74.3. The van der Waals surface area contributed by atoms with Gasteiger partial charge in [0.2, 0.25) is 0 Å². The molecule has 0 amide bonds. The van der Waals surface area contributed by atoms with Crippen LogP contribution in [0.3, 0.4) is 0 Å². The van der Waals surface area contributed by atoms with Crippen molar-refractivity contribution in [1.29, 1.82) is 0 Å². The fraction of sp³-hybridized carbons (Fsp3) is 0.879. The lowest BCUT2D eigenvalue weighted by Crippen LogP contribution is -2.61. The van der Waals surface area contributed by atoms with Gasteiger partial charge in [-0.15, -0.1) is 0 Å². The van der Waals surface area contributed by atoms with E-state index in [2.05, 4.69) is 237 Å². The molecular weight excluding hydrogens is 1370 g/mol. The molecule has 5 aliphatic rings. The molecule has 5 fully saturated rings. The summed E-state index contributed by atoms with van der Waals surface area (Å²) in [6.07, 6.45) is 13.1. The van der Waals surface area contributed by atoms with Crippen molar-refractivity contribution in [3.63, 3.8) is 0 Å². The molecule has 0 aromatic heterocycles. The molecule has 18 nitrogen and oxygen atoms in total. The van der Waals surface area contributed by atoms with Crippen LogP contribution in [0.1, 0.15) is 383 Å². The molecule has 7 N–H and O–H groups in total. The molecule has 0 aliphatic carbocycles. The van der Waals surface area contributed by atoms with Gasteiger partial charge in [0.05, 0.1) is 6.10 Å². The first-order chi connectivity index (χ1) is 50.1. The van der Waals surface area contributed by atoms with Crippen molar-refractivity contribution in [2.75, 3.05) is 6.54 Å². The molecule has 5 saturated heterocycles. The Balaban J connectivity index is 1.47. The first-order valence-electron chi connectivity index (χ1n) is 43.3. The molecule has 3 unspecified atom stereocenters. The number of aliphatic hydroxyl groups excluding tert-OH is 1. The number of benzene rings is 1. The van der Waals surface area contributed by atoms with Crippen molar-refractivity contribution in [3.8, 4) is 0 Å². The Labute approximate surface area is 663 Å². The molecule has 0 bridgehead atoms. The van der Waals surface area contributed by atoms with Gasteiger partial charge in [0.1, 0.15) is 35.9 Å². The number of esters is 5. The molecule has 628 valence electrons. The van der Waals surface area contributed by atoms with Gasteiger partial charge in [0.15, 0.2) is 17.1 Å². The maximum absolute atomic E-state index is 15.7. The topological polar surface area (TPSA) is 233 Å². The fourth-order valence-electron chi connectivity index (χ4n) is 21.3. The van der Waals surface area contributed by atoms with Crippen LogP contribution in [0.4, 0.5) is 0 Å². The van der Waals surface area contributed by atoms with E-state index < -0.39 is 82.9 Å². The Morgan fingerprint density at radius 3 is 0.927 bits per heavy atom. The molecule has 109 heavy (non-hydrogen) atoms. The summed E-state index contributed by atoms with van der Waals surface area (Å²) in [6, 6.07) is 6.68. The van der Waals surface area contributed by atoms with Crippen molar-refractivity contribution in [3.05, 3.63) is 34.9 Å². The van der Waals surface area contributed by atoms with Gasteiger partial charge >= 0.3 is 29.8 Å². The second kappa shape index (κ2) is 37.5. The van der Waals surface area contributed by atoms with Crippen LogP contribution in [0.5, 0.6) is 0 Å². The van der Waals surface area contributed by atoms with E-state index in [1.165, 1.54) is 0 Å². The number of hydrogen-bond donors (Lipinski definition) is 7. The largest absolute Gasteiger partial charge is 0.462 e. The van der Waals surface area contributed by atoms with E-state index in [0.29, 0.717) is 148 Å². The lowest BCUT2D eigenvalue weighted by atomic mass is 9.75. The average Bonchev–Trinajstić information content (AvgIpc) is 0.784. The minimum absolute atomic E-state index is 0.205. The van der Waals surface area contributed by atoms with E-state index in [0.717, 1.165) is 48.9 Å². The summed E-state index contributed by atoms with van der Waals surface area (Å²) in [5, 5.41) is 35.4. The highest BCUT2D eigenvalue weighted by atomic mass is 16.6. The summed E-state index contributed by atoms with van der Waals surface area (Å²) < 4.78 is 40.7. The van der Waals surface area contributed by atoms with E-state index in [1.807, 2.05) is 0 Å². The molecule has 0 spiro atoms. The van der Waals surface area contributed by atoms with E-state index in [4.69, 9.17) is 28.4 Å². The summed E-state index contributed by atoms with van der Waals surface area (Å²) >= 11 is 0. The number of rotatable bonds is 40. The number of unbranched alkanes of at least 4 members (excludes halogenated alkanes) is 3. The summed E-state index contributed by atoms with van der Waals surface area (Å²) in [4.78, 5) is 78.4. The standard InChI is InChI=1S/C91H162N6O12/c1-28-33-43-89(72(98)104-66(39-31-4)52-78(6,7)92-32-5,73(99)105-67-53-79(8,9)93-80(10,11)54-67)46-36-40-63-49-64(41-37-47-90(44-34-29-2,74(100)106-68-55-81(12,13)94-82(14,15)56-68)75(101)107-69-57-83(16,17)95-84(18,19)58-69)51-65(50-63)42-38-48-91(45-35-30-3,76(102)108-70-59-85(20,21)96-86(22,23)60-70)77(103)109-71-61-87(24,25)97-88(26,27)62-71/h49-51,66-71,73,92-97,99H,28-48,52-62H2,1-27H3. The Bertz CT molecular complexity index is 2800. The third kappa shape index (κ3) is 28.3. The zero-order valence-electron chi connectivity index (χ0n) is 74.3. The second-order valence-corrected chi connectivity index (χ2v) is 42.5. The Morgan fingerprint density at radius 2 is 0.651 bits per heavy atom. The minimum atomic E-state index is -1.59. The van der Waals surface area contributed by atoms with Gasteiger partial charge in [0.25, 0.3) is 0 Å². The van der Waals surface area contributed by atoms with E-state index >= 15 is 24.0 Å². The van der Waals surface area contributed by atoms with E-state index in [1.54, 1.807) is 0 Å². The highest BCUT2D eigenvalue weighted by Gasteiger charge is 2.56. The Hall–Kier alpha value is -3.75. The fourth-order valence-corrected chi connectivity index (χ4v) is 21.3. The smallest absolute Gasteiger partial charge is 0.323 e. The highest BCUT2D eigenvalue weighted by Crippen LogP contribution is 2.46. The van der Waals surface area contributed by atoms with Crippen molar-refractivity contribution in [2.24, 2.45) is 16.2 Å². The molecule has 5 heterocycles. The number of aryl methyl sites for hydroxylation is 3. The third-order valence-corrected chi connectivity index (χ3v) is 24.1. The number of carbonyl (C=O) groups excluding carboxylic acids is 5. The van der Waals surface area contributed by atoms with Gasteiger partial charge in [-0.25, -0.2) is 0 Å². The first kappa shape index (κ1) is 94.1. The molecule has 1 aromatic rings. The summed E-state index contributed by atoms with van der Waals surface area (Å²) in [5.74, 6) is -2.47. The SMILES string of the molecule is CCCCC(CCCc1cc(CCCC(CCCC)(C(=O)OC2CC(C)(C)NC(C)(C)C2)C(=O)OC2CC(C)(C)NC(C)(C)C2)cc(CCCC(CCCC)(C(=O)OC(CCC)CC(C)(C)NCC)C(O)OC2CC(C)(C)NC(C)(C)C2)c1)(C(=O)OC1CC(C)(C)NC(C)(C)C1)C(=O)OC1CC(C)(C)NC(C)(C)C1. The number of carbonyl (C=O) groups is 5. The van der Waals surface area contributed by atoms with Crippen LogP contribution in [0.25, 0.3) is 0 Å². The molecule has 3 atom stereocenters. The number of aliphatic hydroxyl groups is 1. The maximum Gasteiger partial charge on any atom is 0.323 e. The molecule has 18 heteroatoms. The van der Waals surface area contributed by atoms with Gasteiger partial charge in [-0.05, 0) is 272 Å². The summed E-state index contributed by atoms with van der Waals surface area (Å²) in [7, 11) is 0. The highest BCUT2D eigenvalue weighted by molar-refractivity contribution is 6.01. The molecule has 1 aromatic carbocycles. The minimum Gasteiger partial charge on any atom is -0.462 e. The lowest BCUT2D eigenvalue weighted by Gasteiger charge is -2.48. The van der Waals surface area contributed by atoms with Gasteiger partial charge in [-0.3, -0.25) is 24.0 Å². The maximum atomic E-state index is 15.7. The van der Waals surface area contributed by atoms with Crippen LogP contribution >= 0.6 is 0 Å². The van der Waals surface area contributed by atoms with Gasteiger partial charge in [-0.2, -0.15) is 0 Å².